The summed E-state index contributed by atoms with van der Waals surface area (Å²) in [5.41, 5.74) is 1.81. The molecule has 1 atom stereocenters. The fourth-order valence-electron chi connectivity index (χ4n) is 1.99. The first-order chi connectivity index (χ1) is 9.13. The molecule has 1 N–H and O–H groups in total. The number of hydrogen-bond donors (Lipinski definition) is 1. The molecular weight excluding hydrogens is 266 g/mol. The summed E-state index contributed by atoms with van der Waals surface area (Å²) in [6.07, 6.45) is 1.84. The molecule has 1 aliphatic heterocycles. The Hall–Kier alpha value is -1.50. The largest absolute Gasteiger partial charge is 0.466 e. The molecule has 1 saturated heterocycles. The molecule has 1 unspecified atom stereocenters. The lowest BCUT2D eigenvalue weighted by Crippen LogP contribution is -2.31. The van der Waals surface area contributed by atoms with Gasteiger partial charge in [0, 0.05) is 12.2 Å². The standard InChI is InChI=1S/C12H17N3O3S/c1-3-18-10(17)4-5-15-9(16)6-19-12(15)11-8(2)13-7-14-11/h7,12H,3-6H2,1-2H3,(H,13,14). The van der Waals surface area contributed by atoms with Crippen molar-refractivity contribution in [2.24, 2.45) is 0 Å². The van der Waals surface area contributed by atoms with Gasteiger partial charge in [-0.1, -0.05) is 0 Å². The summed E-state index contributed by atoms with van der Waals surface area (Å²) >= 11 is 1.54. The maximum Gasteiger partial charge on any atom is 0.307 e. The second kappa shape index (κ2) is 6.10. The molecule has 0 aliphatic carbocycles. The first-order valence-corrected chi connectivity index (χ1v) is 7.25. The minimum atomic E-state index is -0.273. The highest BCUT2D eigenvalue weighted by Gasteiger charge is 2.35. The van der Waals surface area contributed by atoms with E-state index in [0.29, 0.717) is 18.9 Å². The number of carbonyl (C=O) groups is 2. The number of hydrogen-bond acceptors (Lipinski definition) is 5. The molecule has 0 saturated carbocycles. The molecular formula is C12H17N3O3S. The van der Waals surface area contributed by atoms with E-state index in [0.717, 1.165) is 11.4 Å². The van der Waals surface area contributed by atoms with Crippen LogP contribution < -0.4 is 0 Å². The minimum Gasteiger partial charge on any atom is -0.466 e. The van der Waals surface area contributed by atoms with Crippen LogP contribution in [-0.2, 0) is 14.3 Å². The van der Waals surface area contributed by atoms with Crippen molar-refractivity contribution < 1.29 is 14.3 Å². The number of imidazole rings is 1. The molecule has 1 amide bonds. The van der Waals surface area contributed by atoms with Crippen molar-refractivity contribution in [2.45, 2.75) is 25.6 Å². The van der Waals surface area contributed by atoms with Crippen molar-refractivity contribution in [3.63, 3.8) is 0 Å². The van der Waals surface area contributed by atoms with E-state index in [9.17, 15) is 9.59 Å². The second-order valence-corrected chi connectivity index (χ2v) is 5.29. The normalized spacial score (nSPS) is 18.9. The van der Waals surface area contributed by atoms with E-state index < -0.39 is 0 Å². The number of thioether (sulfide) groups is 1. The van der Waals surface area contributed by atoms with Crippen LogP contribution in [0.15, 0.2) is 6.33 Å². The number of rotatable bonds is 5. The van der Waals surface area contributed by atoms with Crippen molar-refractivity contribution in [3.05, 3.63) is 17.7 Å². The molecule has 19 heavy (non-hydrogen) atoms. The molecule has 1 aliphatic rings. The van der Waals surface area contributed by atoms with Gasteiger partial charge in [-0.15, -0.1) is 11.8 Å². The monoisotopic (exact) mass is 283 g/mol. The Balaban J connectivity index is 2.02. The Morgan fingerprint density at radius 3 is 3.11 bits per heavy atom. The zero-order chi connectivity index (χ0) is 13.8. The quantitative estimate of drug-likeness (QED) is 0.823. The predicted octanol–water partition coefficient (Wildman–Crippen LogP) is 1.25. The summed E-state index contributed by atoms with van der Waals surface area (Å²) in [5, 5.41) is -0.104. The molecule has 0 aromatic carbocycles. The summed E-state index contributed by atoms with van der Waals surface area (Å²) in [4.78, 5) is 32.2. The smallest absolute Gasteiger partial charge is 0.307 e. The van der Waals surface area contributed by atoms with Crippen LogP contribution in [0.3, 0.4) is 0 Å². The van der Waals surface area contributed by atoms with E-state index in [2.05, 4.69) is 9.97 Å². The maximum absolute atomic E-state index is 11.9. The van der Waals surface area contributed by atoms with Crippen LogP contribution >= 0.6 is 11.8 Å². The van der Waals surface area contributed by atoms with Crippen molar-refractivity contribution in [1.29, 1.82) is 0 Å². The molecule has 7 heteroatoms. The fraction of sp³-hybridized carbons (Fsp3) is 0.583. The topological polar surface area (TPSA) is 75.3 Å². The Bertz CT molecular complexity index is 475. The van der Waals surface area contributed by atoms with Crippen molar-refractivity contribution in [1.82, 2.24) is 14.9 Å². The maximum atomic E-state index is 11.9. The molecule has 0 spiro atoms. The molecule has 1 aromatic heterocycles. The Morgan fingerprint density at radius 1 is 1.68 bits per heavy atom. The Kier molecular flexibility index (Phi) is 4.47. The number of H-pyrrole nitrogens is 1. The first kappa shape index (κ1) is 13.9. The second-order valence-electron chi connectivity index (χ2n) is 4.22. The molecule has 1 fully saturated rings. The van der Waals surface area contributed by atoms with Crippen LogP contribution in [0.4, 0.5) is 0 Å². The molecule has 104 valence electrons. The highest BCUT2D eigenvalue weighted by molar-refractivity contribution is 8.00. The van der Waals surface area contributed by atoms with Crippen LogP contribution in [0.25, 0.3) is 0 Å². The summed E-state index contributed by atoms with van der Waals surface area (Å²) in [7, 11) is 0. The van der Waals surface area contributed by atoms with Gasteiger partial charge in [-0.25, -0.2) is 4.98 Å². The van der Waals surface area contributed by atoms with Gasteiger partial charge in [-0.05, 0) is 13.8 Å². The van der Waals surface area contributed by atoms with E-state index >= 15 is 0 Å². The molecule has 2 rings (SSSR count). The van der Waals surface area contributed by atoms with Crippen LogP contribution in [0, 0.1) is 6.92 Å². The van der Waals surface area contributed by atoms with Gasteiger partial charge in [-0.3, -0.25) is 9.59 Å². The first-order valence-electron chi connectivity index (χ1n) is 6.20. The number of carbonyl (C=O) groups excluding carboxylic acids is 2. The number of ether oxygens (including phenoxy) is 1. The van der Waals surface area contributed by atoms with Crippen molar-refractivity contribution in [2.75, 3.05) is 18.9 Å². The van der Waals surface area contributed by atoms with Gasteiger partial charge in [-0.2, -0.15) is 0 Å². The third kappa shape index (κ3) is 3.09. The molecule has 0 bridgehead atoms. The Labute approximate surface area is 115 Å². The van der Waals surface area contributed by atoms with Crippen LogP contribution in [0.2, 0.25) is 0 Å². The SMILES string of the molecule is CCOC(=O)CCN1C(=O)CSC1c1nc[nH]c1C. The zero-order valence-corrected chi connectivity index (χ0v) is 11.8. The summed E-state index contributed by atoms with van der Waals surface area (Å²) < 4.78 is 4.88. The lowest BCUT2D eigenvalue weighted by atomic mass is 10.3. The van der Waals surface area contributed by atoms with Crippen molar-refractivity contribution >= 4 is 23.6 Å². The highest BCUT2D eigenvalue weighted by atomic mass is 32.2. The number of nitrogens with one attached hydrogen (secondary N) is 1. The number of aromatic amines is 1. The van der Waals surface area contributed by atoms with Gasteiger partial charge < -0.3 is 14.6 Å². The van der Waals surface area contributed by atoms with Gasteiger partial charge >= 0.3 is 5.97 Å². The van der Waals surface area contributed by atoms with Gasteiger partial charge in [0.05, 0.1) is 30.8 Å². The minimum absolute atomic E-state index is 0.0432. The number of aromatic nitrogens is 2. The number of nitrogens with zero attached hydrogens (tertiary/aromatic N) is 2. The van der Waals surface area contributed by atoms with Gasteiger partial charge in [0.1, 0.15) is 5.37 Å². The summed E-state index contributed by atoms with van der Waals surface area (Å²) in [5.74, 6) is 0.200. The van der Waals surface area contributed by atoms with Crippen LogP contribution in [-0.4, -0.2) is 45.6 Å². The average Bonchev–Trinajstić information content (AvgIpc) is 2.93. The Morgan fingerprint density at radius 2 is 2.47 bits per heavy atom. The third-order valence-corrected chi connectivity index (χ3v) is 4.14. The summed E-state index contributed by atoms with van der Waals surface area (Å²) in [6, 6.07) is 0. The van der Waals surface area contributed by atoms with Gasteiger partial charge in [0.15, 0.2) is 0 Å². The van der Waals surface area contributed by atoms with E-state index in [4.69, 9.17) is 4.74 Å². The zero-order valence-electron chi connectivity index (χ0n) is 11.0. The lowest BCUT2D eigenvalue weighted by molar-refractivity contribution is -0.143. The number of amides is 1. The lowest BCUT2D eigenvalue weighted by Gasteiger charge is -2.22. The molecule has 2 heterocycles. The molecule has 0 radical (unpaired) electrons. The van der Waals surface area contributed by atoms with Crippen LogP contribution in [0.1, 0.15) is 30.1 Å². The molecule has 1 aromatic rings. The number of aryl methyl sites for hydroxylation is 1. The van der Waals surface area contributed by atoms with Gasteiger partial charge in [0.25, 0.3) is 0 Å². The fourth-order valence-corrected chi connectivity index (χ4v) is 3.25. The number of esters is 1. The van der Waals surface area contributed by atoms with E-state index in [1.165, 1.54) is 11.8 Å². The third-order valence-electron chi connectivity index (χ3n) is 2.93. The van der Waals surface area contributed by atoms with Crippen LogP contribution in [0.5, 0.6) is 0 Å². The van der Waals surface area contributed by atoms with E-state index in [1.54, 1.807) is 18.2 Å². The van der Waals surface area contributed by atoms with Crippen molar-refractivity contribution in [3.8, 4) is 0 Å². The van der Waals surface area contributed by atoms with E-state index in [-0.39, 0.29) is 23.7 Å². The van der Waals surface area contributed by atoms with Gasteiger partial charge in [0.2, 0.25) is 5.91 Å². The average molecular weight is 283 g/mol. The molecule has 6 nitrogen and oxygen atoms in total. The van der Waals surface area contributed by atoms with E-state index in [1.807, 2.05) is 6.92 Å². The highest BCUT2D eigenvalue weighted by Crippen LogP contribution is 2.38. The predicted molar refractivity (Wildman–Crippen MR) is 71.5 cm³/mol. The summed E-state index contributed by atoms with van der Waals surface area (Å²) in [6.45, 7) is 4.44.